The Bertz CT molecular complexity index is 706. The molecule has 2 aromatic rings. The van der Waals surface area contributed by atoms with Crippen LogP contribution < -0.4 is 10.6 Å². The van der Waals surface area contributed by atoms with Crippen LogP contribution in [0, 0.1) is 20.8 Å². The Morgan fingerprint density at radius 1 is 0.870 bits per heavy atom. The smallest absolute Gasteiger partial charge is 0.233 e. The van der Waals surface area contributed by atoms with Gasteiger partial charge >= 0.3 is 0 Å². The van der Waals surface area contributed by atoms with Gasteiger partial charge in [-0.3, -0.25) is 9.59 Å². The molecule has 0 atom stereocenters. The largest absolute Gasteiger partial charge is 0.352 e. The first kappa shape index (κ1) is 16.7. The van der Waals surface area contributed by atoms with Crippen LogP contribution in [0.15, 0.2) is 42.5 Å². The number of amides is 2. The van der Waals surface area contributed by atoms with Gasteiger partial charge in [-0.05, 0) is 43.5 Å². The minimum Gasteiger partial charge on any atom is -0.352 e. The molecule has 23 heavy (non-hydrogen) atoms. The molecule has 2 aromatic carbocycles. The van der Waals surface area contributed by atoms with Gasteiger partial charge < -0.3 is 10.6 Å². The predicted octanol–water partition coefficient (Wildman–Crippen LogP) is 3.26. The lowest BCUT2D eigenvalue weighted by Gasteiger charge is -2.10. The maximum Gasteiger partial charge on any atom is 0.233 e. The van der Waals surface area contributed by atoms with Crippen LogP contribution in [-0.4, -0.2) is 11.8 Å². The van der Waals surface area contributed by atoms with E-state index in [1.807, 2.05) is 63.2 Å². The molecule has 0 radical (unpaired) electrons. The zero-order chi connectivity index (χ0) is 16.8. The number of carbonyl (C=O) groups excluding carboxylic acids is 2. The zero-order valence-electron chi connectivity index (χ0n) is 13.8. The molecule has 0 saturated carbocycles. The third-order valence-electron chi connectivity index (χ3n) is 3.60. The molecule has 0 aliphatic rings. The van der Waals surface area contributed by atoms with Crippen molar-refractivity contribution in [3.05, 3.63) is 64.7 Å². The first-order valence-electron chi connectivity index (χ1n) is 7.63. The second-order valence-corrected chi connectivity index (χ2v) is 5.81. The summed E-state index contributed by atoms with van der Waals surface area (Å²) in [5.74, 6) is -0.589. The molecule has 0 bridgehead atoms. The Hall–Kier alpha value is -2.62. The van der Waals surface area contributed by atoms with Crippen molar-refractivity contribution in [2.75, 3.05) is 5.32 Å². The van der Waals surface area contributed by atoms with E-state index in [2.05, 4.69) is 10.6 Å². The lowest BCUT2D eigenvalue weighted by Crippen LogP contribution is -2.27. The van der Waals surface area contributed by atoms with Crippen LogP contribution in [-0.2, 0) is 16.1 Å². The fraction of sp³-hybridized carbons (Fsp3) is 0.263. The molecule has 0 aliphatic carbocycles. The number of benzene rings is 2. The van der Waals surface area contributed by atoms with E-state index in [1.165, 1.54) is 5.56 Å². The van der Waals surface area contributed by atoms with Crippen molar-refractivity contribution in [1.29, 1.82) is 0 Å². The maximum absolute atomic E-state index is 12.0. The van der Waals surface area contributed by atoms with E-state index in [0.717, 1.165) is 22.4 Å². The molecule has 2 amide bonds. The number of hydrogen-bond acceptors (Lipinski definition) is 2. The quantitative estimate of drug-likeness (QED) is 0.833. The van der Waals surface area contributed by atoms with Crippen molar-refractivity contribution in [2.24, 2.45) is 0 Å². The Kier molecular flexibility index (Phi) is 5.52. The Morgan fingerprint density at radius 3 is 2.22 bits per heavy atom. The summed E-state index contributed by atoms with van der Waals surface area (Å²) in [6.07, 6.45) is -0.181. The van der Waals surface area contributed by atoms with Crippen LogP contribution >= 0.6 is 0 Å². The van der Waals surface area contributed by atoms with Crippen LogP contribution in [0.4, 0.5) is 5.69 Å². The molecule has 2 N–H and O–H groups in total. The van der Waals surface area contributed by atoms with E-state index < -0.39 is 0 Å². The summed E-state index contributed by atoms with van der Waals surface area (Å²) in [4.78, 5) is 23.8. The molecule has 0 unspecified atom stereocenters. The van der Waals surface area contributed by atoms with Gasteiger partial charge in [0.1, 0.15) is 6.42 Å². The number of anilines is 1. The Labute approximate surface area is 136 Å². The van der Waals surface area contributed by atoms with Crippen LogP contribution in [0.25, 0.3) is 0 Å². The lowest BCUT2D eigenvalue weighted by atomic mass is 10.1. The number of hydrogen-bond donors (Lipinski definition) is 2. The average molecular weight is 310 g/mol. The molecule has 0 heterocycles. The zero-order valence-corrected chi connectivity index (χ0v) is 13.8. The van der Waals surface area contributed by atoms with Crippen molar-refractivity contribution >= 4 is 17.5 Å². The third kappa shape index (κ3) is 5.25. The van der Waals surface area contributed by atoms with Crippen LogP contribution in [0.2, 0.25) is 0 Å². The van der Waals surface area contributed by atoms with Gasteiger partial charge in [0.15, 0.2) is 0 Å². The standard InChI is InChI=1S/C19H22N2O2/c1-13-5-8-16(9-6-13)12-20-18(22)11-19(23)21-17-10-14(2)4-7-15(17)3/h4-10H,11-12H2,1-3H3,(H,20,22)(H,21,23). The fourth-order valence-corrected chi connectivity index (χ4v) is 2.18. The van der Waals surface area contributed by atoms with Crippen molar-refractivity contribution in [3.63, 3.8) is 0 Å². The highest BCUT2D eigenvalue weighted by Gasteiger charge is 2.10. The Balaban J connectivity index is 1.83. The van der Waals surface area contributed by atoms with Crippen molar-refractivity contribution in [1.82, 2.24) is 5.32 Å². The minimum atomic E-state index is -0.305. The molecule has 0 spiro atoms. The Morgan fingerprint density at radius 2 is 1.52 bits per heavy atom. The second-order valence-electron chi connectivity index (χ2n) is 5.81. The first-order valence-corrected chi connectivity index (χ1v) is 7.63. The molecule has 0 aliphatic heterocycles. The number of aryl methyl sites for hydroxylation is 3. The highest BCUT2D eigenvalue weighted by atomic mass is 16.2. The summed E-state index contributed by atoms with van der Waals surface area (Å²) >= 11 is 0. The van der Waals surface area contributed by atoms with E-state index in [9.17, 15) is 9.59 Å². The number of rotatable bonds is 5. The summed E-state index contributed by atoms with van der Waals surface area (Å²) in [6.45, 7) is 6.33. The number of carbonyl (C=O) groups is 2. The van der Waals surface area contributed by atoms with Gasteiger partial charge in [-0.15, -0.1) is 0 Å². The molecular weight excluding hydrogens is 288 g/mol. The molecule has 120 valence electrons. The lowest BCUT2D eigenvalue weighted by molar-refractivity contribution is -0.126. The highest BCUT2D eigenvalue weighted by Crippen LogP contribution is 2.16. The SMILES string of the molecule is Cc1ccc(CNC(=O)CC(=O)Nc2cc(C)ccc2C)cc1. The van der Waals surface area contributed by atoms with E-state index in [1.54, 1.807) is 0 Å². The van der Waals surface area contributed by atoms with Gasteiger partial charge in [0.25, 0.3) is 0 Å². The monoisotopic (exact) mass is 310 g/mol. The van der Waals surface area contributed by atoms with Crippen LogP contribution in [0.3, 0.4) is 0 Å². The van der Waals surface area contributed by atoms with Crippen LogP contribution in [0.1, 0.15) is 28.7 Å². The summed E-state index contributed by atoms with van der Waals surface area (Å²) in [6, 6.07) is 13.8. The van der Waals surface area contributed by atoms with Crippen molar-refractivity contribution in [3.8, 4) is 0 Å². The van der Waals surface area contributed by atoms with E-state index >= 15 is 0 Å². The van der Waals surface area contributed by atoms with Gasteiger partial charge in [-0.2, -0.15) is 0 Å². The van der Waals surface area contributed by atoms with Gasteiger partial charge in [-0.25, -0.2) is 0 Å². The molecule has 0 saturated heterocycles. The highest BCUT2D eigenvalue weighted by molar-refractivity contribution is 6.03. The molecular formula is C19H22N2O2. The van der Waals surface area contributed by atoms with Gasteiger partial charge in [0, 0.05) is 12.2 Å². The van der Waals surface area contributed by atoms with Crippen LogP contribution in [0.5, 0.6) is 0 Å². The summed E-state index contributed by atoms with van der Waals surface area (Å²) in [5, 5.41) is 5.55. The topological polar surface area (TPSA) is 58.2 Å². The number of nitrogens with one attached hydrogen (secondary N) is 2. The second kappa shape index (κ2) is 7.58. The first-order chi connectivity index (χ1) is 10.9. The maximum atomic E-state index is 12.0. The summed E-state index contributed by atoms with van der Waals surface area (Å²) < 4.78 is 0. The average Bonchev–Trinajstić information content (AvgIpc) is 2.50. The molecule has 0 aromatic heterocycles. The van der Waals surface area contributed by atoms with Gasteiger partial charge in [0.2, 0.25) is 11.8 Å². The van der Waals surface area contributed by atoms with E-state index in [4.69, 9.17) is 0 Å². The minimum absolute atomic E-state index is 0.181. The normalized spacial score (nSPS) is 10.2. The van der Waals surface area contributed by atoms with E-state index in [-0.39, 0.29) is 18.2 Å². The summed E-state index contributed by atoms with van der Waals surface area (Å²) in [5.41, 5.74) is 4.98. The van der Waals surface area contributed by atoms with E-state index in [0.29, 0.717) is 6.54 Å². The predicted molar refractivity (Wildman–Crippen MR) is 92.2 cm³/mol. The van der Waals surface area contributed by atoms with Gasteiger partial charge in [0.05, 0.1) is 0 Å². The van der Waals surface area contributed by atoms with Crippen molar-refractivity contribution in [2.45, 2.75) is 33.7 Å². The molecule has 4 nitrogen and oxygen atoms in total. The third-order valence-corrected chi connectivity index (χ3v) is 3.60. The molecule has 2 rings (SSSR count). The van der Waals surface area contributed by atoms with Crippen molar-refractivity contribution < 1.29 is 9.59 Å². The van der Waals surface area contributed by atoms with Gasteiger partial charge in [-0.1, -0.05) is 42.0 Å². The molecule has 4 heteroatoms. The summed E-state index contributed by atoms with van der Waals surface area (Å²) in [7, 11) is 0. The molecule has 0 fully saturated rings. The fourth-order valence-electron chi connectivity index (χ4n) is 2.18.